The van der Waals surface area contributed by atoms with Gasteiger partial charge in [0.05, 0.1) is 6.07 Å². The highest BCUT2D eigenvalue weighted by Crippen LogP contribution is 2.29. The molecule has 0 bridgehead atoms. The zero-order valence-electron chi connectivity index (χ0n) is 11.1. The van der Waals surface area contributed by atoms with Crippen molar-refractivity contribution in [1.29, 1.82) is 5.26 Å². The third-order valence-electron chi connectivity index (χ3n) is 3.02. The third kappa shape index (κ3) is 3.47. The first-order chi connectivity index (χ1) is 8.52. The fourth-order valence-corrected chi connectivity index (χ4v) is 3.09. The standard InChI is InChI=1S/C12H19N5S/c1-9(18-11-14-8-15-17(11)3)6-12(2,7-13)16-10-4-5-10/h8-10,16H,4-6H2,1-3H3. The Kier molecular flexibility index (Phi) is 3.93. The van der Waals surface area contributed by atoms with Crippen LogP contribution in [-0.4, -0.2) is 31.6 Å². The minimum absolute atomic E-state index is 0.323. The van der Waals surface area contributed by atoms with E-state index < -0.39 is 5.54 Å². The fourth-order valence-electron chi connectivity index (χ4n) is 2.00. The SMILES string of the molecule is CC(CC(C)(C#N)NC1CC1)Sc1ncnn1C. The Bertz CT molecular complexity index is 448. The quantitative estimate of drug-likeness (QED) is 0.793. The van der Waals surface area contributed by atoms with Crippen LogP contribution >= 0.6 is 11.8 Å². The van der Waals surface area contributed by atoms with Gasteiger partial charge in [0.15, 0.2) is 5.16 Å². The summed E-state index contributed by atoms with van der Waals surface area (Å²) in [5.41, 5.74) is -0.438. The lowest BCUT2D eigenvalue weighted by Gasteiger charge is -2.26. The van der Waals surface area contributed by atoms with Gasteiger partial charge >= 0.3 is 0 Å². The highest BCUT2D eigenvalue weighted by atomic mass is 32.2. The van der Waals surface area contributed by atoms with Crippen LogP contribution in [0.2, 0.25) is 0 Å². The summed E-state index contributed by atoms with van der Waals surface area (Å²) >= 11 is 1.66. The Labute approximate surface area is 112 Å². The van der Waals surface area contributed by atoms with Gasteiger partial charge < -0.3 is 0 Å². The van der Waals surface area contributed by atoms with Crippen LogP contribution in [0, 0.1) is 11.3 Å². The first kappa shape index (κ1) is 13.4. The molecule has 1 saturated carbocycles. The van der Waals surface area contributed by atoms with Gasteiger partial charge in [0.1, 0.15) is 11.9 Å². The van der Waals surface area contributed by atoms with Crippen molar-refractivity contribution in [3.05, 3.63) is 6.33 Å². The molecule has 2 unspecified atom stereocenters. The zero-order chi connectivity index (χ0) is 13.2. The van der Waals surface area contributed by atoms with Crippen LogP contribution in [0.15, 0.2) is 11.5 Å². The first-order valence-electron chi connectivity index (χ1n) is 6.22. The molecule has 98 valence electrons. The van der Waals surface area contributed by atoms with Crippen LogP contribution in [0.1, 0.15) is 33.1 Å². The summed E-state index contributed by atoms with van der Waals surface area (Å²) in [5.74, 6) is 0. The summed E-state index contributed by atoms with van der Waals surface area (Å²) in [4.78, 5) is 4.20. The van der Waals surface area contributed by atoms with Crippen molar-refractivity contribution in [2.45, 2.75) is 55.1 Å². The molecule has 0 aliphatic heterocycles. The summed E-state index contributed by atoms with van der Waals surface area (Å²) in [6.45, 7) is 4.11. The smallest absolute Gasteiger partial charge is 0.186 e. The molecule has 0 aromatic carbocycles. The highest BCUT2D eigenvalue weighted by molar-refractivity contribution is 7.99. The zero-order valence-corrected chi connectivity index (χ0v) is 11.9. The van der Waals surface area contributed by atoms with Crippen LogP contribution in [0.5, 0.6) is 0 Å². The van der Waals surface area contributed by atoms with E-state index in [4.69, 9.17) is 0 Å². The lowest BCUT2D eigenvalue weighted by molar-refractivity contribution is 0.414. The molecule has 18 heavy (non-hydrogen) atoms. The minimum Gasteiger partial charge on any atom is -0.297 e. The maximum absolute atomic E-state index is 9.34. The number of hydrogen-bond acceptors (Lipinski definition) is 5. The highest BCUT2D eigenvalue weighted by Gasteiger charge is 2.34. The molecule has 1 N–H and O–H groups in total. The second kappa shape index (κ2) is 5.29. The number of nitriles is 1. The fraction of sp³-hybridized carbons (Fsp3) is 0.750. The minimum atomic E-state index is -0.438. The summed E-state index contributed by atoms with van der Waals surface area (Å²) in [6, 6.07) is 2.95. The number of aryl methyl sites for hydroxylation is 1. The van der Waals surface area contributed by atoms with Crippen molar-refractivity contribution < 1.29 is 0 Å². The van der Waals surface area contributed by atoms with E-state index in [2.05, 4.69) is 28.4 Å². The lowest BCUT2D eigenvalue weighted by atomic mass is 9.98. The van der Waals surface area contributed by atoms with Gasteiger partial charge in [0.25, 0.3) is 0 Å². The molecule has 0 saturated heterocycles. The number of nitrogens with zero attached hydrogens (tertiary/aromatic N) is 4. The molecule has 6 heteroatoms. The van der Waals surface area contributed by atoms with Crippen molar-refractivity contribution in [3.63, 3.8) is 0 Å². The summed E-state index contributed by atoms with van der Waals surface area (Å²) in [7, 11) is 1.88. The van der Waals surface area contributed by atoms with Crippen LogP contribution in [-0.2, 0) is 7.05 Å². The lowest BCUT2D eigenvalue weighted by Crippen LogP contribution is -2.44. The van der Waals surface area contributed by atoms with Gasteiger partial charge in [-0.25, -0.2) is 9.67 Å². The van der Waals surface area contributed by atoms with E-state index in [1.165, 1.54) is 12.8 Å². The van der Waals surface area contributed by atoms with E-state index in [0.717, 1.165) is 11.6 Å². The molecule has 1 aliphatic carbocycles. The molecule has 1 heterocycles. The molecule has 0 radical (unpaired) electrons. The Balaban J connectivity index is 1.91. The average Bonchev–Trinajstić information content (AvgIpc) is 3.02. The number of rotatable bonds is 6. The molecule has 1 aromatic rings. The summed E-state index contributed by atoms with van der Waals surface area (Å²) < 4.78 is 1.76. The first-order valence-corrected chi connectivity index (χ1v) is 7.10. The molecule has 1 aromatic heterocycles. The monoisotopic (exact) mass is 265 g/mol. The third-order valence-corrected chi connectivity index (χ3v) is 4.17. The molecular weight excluding hydrogens is 246 g/mol. The van der Waals surface area contributed by atoms with E-state index in [0.29, 0.717) is 11.3 Å². The van der Waals surface area contributed by atoms with Gasteiger partial charge in [-0.2, -0.15) is 10.4 Å². The Morgan fingerprint density at radius 2 is 2.44 bits per heavy atom. The van der Waals surface area contributed by atoms with E-state index in [1.54, 1.807) is 22.8 Å². The normalized spacial score (nSPS) is 20.1. The van der Waals surface area contributed by atoms with Gasteiger partial charge in [0, 0.05) is 18.3 Å². The Morgan fingerprint density at radius 1 is 1.72 bits per heavy atom. The number of hydrogen-bond donors (Lipinski definition) is 1. The molecule has 5 nitrogen and oxygen atoms in total. The van der Waals surface area contributed by atoms with E-state index in [-0.39, 0.29) is 0 Å². The van der Waals surface area contributed by atoms with Gasteiger partial charge in [-0.15, -0.1) is 0 Å². The topological polar surface area (TPSA) is 66.5 Å². The van der Waals surface area contributed by atoms with E-state index in [9.17, 15) is 5.26 Å². The van der Waals surface area contributed by atoms with Gasteiger partial charge in [0.2, 0.25) is 0 Å². The van der Waals surface area contributed by atoms with Crippen molar-refractivity contribution in [3.8, 4) is 6.07 Å². The molecule has 1 aliphatic rings. The maximum atomic E-state index is 9.34. The van der Waals surface area contributed by atoms with E-state index in [1.807, 2.05) is 14.0 Å². The molecule has 1 fully saturated rings. The second-order valence-corrected chi connectivity index (χ2v) is 6.57. The van der Waals surface area contributed by atoms with Crippen LogP contribution in [0.25, 0.3) is 0 Å². The predicted molar refractivity (Wildman–Crippen MR) is 71.1 cm³/mol. The largest absolute Gasteiger partial charge is 0.297 e. The van der Waals surface area contributed by atoms with Crippen LogP contribution < -0.4 is 5.32 Å². The molecule has 0 amide bonds. The number of aromatic nitrogens is 3. The summed E-state index contributed by atoms with van der Waals surface area (Å²) in [6.07, 6.45) is 4.75. The molecule has 0 spiro atoms. The maximum Gasteiger partial charge on any atom is 0.186 e. The van der Waals surface area contributed by atoms with Crippen molar-refractivity contribution in [2.24, 2.45) is 7.05 Å². The van der Waals surface area contributed by atoms with Crippen molar-refractivity contribution in [1.82, 2.24) is 20.1 Å². The predicted octanol–water partition coefficient (Wildman–Crippen LogP) is 1.72. The van der Waals surface area contributed by atoms with E-state index >= 15 is 0 Å². The Hall–Kier alpha value is -1.06. The molecular formula is C12H19N5S. The van der Waals surface area contributed by atoms with Crippen molar-refractivity contribution in [2.75, 3.05) is 0 Å². The van der Waals surface area contributed by atoms with Gasteiger partial charge in [-0.05, 0) is 26.2 Å². The average molecular weight is 265 g/mol. The van der Waals surface area contributed by atoms with Crippen LogP contribution in [0.4, 0.5) is 0 Å². The van der Waals surface area contributed by atoms with Crippen LogP contribution in [0.3, 0.4) is 0 Å². The molecule has 2 rings (SSSR count). The van der Waals surface area contributed by atoms with Gasteiger partial charge in [-0.1, -0.05) is 18.7 Å². The summed E-state index contributed by atoms with van der Waals surface area (Å²) in [5, 5.41) is 18.0. The molecule has 2 atom stereocenters. The van der Waals surface area contributed by atoms with Gasteiger partial charge in [-0.3, -0.25) is 5.32 Å². The Morgan fingerprint density at radius 3 is 2.94 bits per heavy atom. The second-order valence-electron chi connectivity index (χ2n) is 5.16. The number of nitrogens with one attached hydrogen (secondary N) is 1. The van der Waals surface area contributed by atoms with Crippen molar-refractivity contribution >= 4 is 11.8 Å². The number of thioether (sulfide) groups is 1.